The van der Waals surface area contributed by atoms with Gasteiger partial charge in [-0.1, -0.05) is 12.1 Å². The lowest BCUT2D eigenvalue weighted by Gasteiger charge is -2.35. The molecule has 5 atom stereocenters. The zero-order valence-electron chi connectivity index (χ0n) is 16.1. The van der Waals surface area contributed by atoms with Crippen LogP contribution in [-0.2, 0) is 16.0 Å². The Morgan fingerprint density at radius 3 is 2.97 bits per heavy atom. The number of aromatic nitrogens is 2. The molecule has 2 heterocycles. The van der Waals surface area contributed by atoms with Gasteiger partial charge >= 0.3 is 0 Å². The molecule has 2 aliphatic carbocycles. The molecule has 1 aliphatic heterocycles. The van der Waals surface area contributed by atoms with E-state index < -0.39 is 17.6 Å². The summed E-state index contributed by atoms with van der Waals surface area (Å²) in [6.45, 7) is 0. The average molecular weight is 411 g/mol. The molecular weight excluding hydrogens is 389 g/mol. The first-order chi connectivity index (χ1) is 14.5. The van der Waals surface area contributed by atoms with Gasteiger partial charge in [0.05, 0.1) is 18.5 Å². The van der Waals surface area contributed by atoms with Crippen LogP contribution in [0.25, 0.3) is 0 Å². The minimum absolute atomic E-state index is 0.00949. The molecule has 2 aromatic rings. The molecule has 0 spiro atoms. The number of halogens is 1. The fourth-order valence-corrected chi connectivity index (χ4v) is 5.11. The highest BCUT2D eigenvalue weighted by Crippen LogP contribution is 2.49. The van der Waals surface area contributed by atoms with E-state index in [9.17, 15) is 14.0 Å². The number of carbonyl (C=O) groups is 2. The van der Waals surface area contributed by atoms with Crippen LogP contribution in [0, 0.1) is 23.6 Å². The minimum Gasteiger partial charge on any atom is -0.369 e. The Hall–Kier alpha value is -3.27. The van der Waals surface area contributed by atoms with Crippen LogP contribution in [0.4, 0.5) is 21.8 Å². The SMILES string of the molecule is NC(=O)C1C2CC3NNC(=O)Cc4cccc(c4)Nc4ncc(F)c(n4)NC1C3C2. The molecular formula is C20H22FN7O2. The van der Waals surface area contributed by atoms with Gasteiger partial charge in [0.1, 0.15) is 0 Å². The Morgan fingerprint density at radius 1 is 1.27 bits per heavy atom. The normalized spacial score (nSPS) is 29.8. The number of nitrogens with zero attached hydrogens (tertiary/aromatic N) is 2. The van der Waals surface area contributed by atoms with Crippen molar-refractivity contribution in [3.8, 4) is 0 Å². The molecule has 0 saturated heterocycles. The lowest BCUT2D eigenvalue weighted by Crippen LogP contribution is -2.54. The maximum atomic E-state index is 14.5. The zero-order valence-corrected chi connectivity index (χ0v) is 16.1. The molecule has 5 unspecified atom stereocenters. The smallest absolute Gasteiger partial charge is 0.238 e. The second-order valence-electron chi connectivity index (χ2n) is 8.18. The fraction of sp³-hybridized carbons (Fsp3) is 0.400. The maximum absolute atomic E-state index is 14.5. The van der Waals surface area contributed by atoms with E-state index in [-0.39, 0.29) is 48.0 Å². The molecule has 6 bridgehead atoms. The molecule has 6 N–H and O–H groups in total. The topological polar surface area (TPSA) is 134 Å². The van der Waals surface area contributed by atoms with E-state index in [1.54, 1.807) is 0 Å². The molecule has 156 valence electrons. The van der Waals surface area contributed by atoms with Crippen LogP contribution in [0.1, 0.15) is 18.4 Å². The molecule has 9 nitrogen and oxygen atoms in total. The van der Waals surface area contributed by atoms with Crippen molar-refractivity contribution in [2.45, 2.75) is 31.3 Å². The van der Waals surface area contributed by atoms with Gasteiger partial charge in [-0.2, -0.15) is 4.98 Å². The number of hydrogen-bond donors (Lipinski definition) is 5. The number of rotatable bonds is 1. The van der Waals surface area contributed by atoms with E-state index >= 15 is 0 Å². The summed E-state index contributed by atoms with van der Waals surface area (Å²) in [5.41, 5.74) is 13.1. The average Bonchev–Trinajstić information content (AvgIpc) is 3.27. The minimum atomic E-state index is -0.609. The van der Waals surface area contributed by atoms with Crippen molar-refractivity contribution in [2.75, 3.05) is 10.6 Å². The van der Waals surface area contributed by atoms with Crippen LogP contribution in [-0.4, -0.2) is 33.9 Å². The Bertz CT molecular complexity index is 1020. The highest BCUT2D eigenvalue weighted by atomic mass is 19.1. The molecule has 30 heavy (non-hydrogen) atoms. The second-order valence-corrected chi connectivity index (χ2v) is 8.18. The number of fused-ring (bicyclic) bond motifs is 5. The van der Waals surface area contributed by atoms with Crippen molar-refractivity contribution in [3.63, 3.8) is 0 Å². The van der Waals surface area contributed by atoms with Gasteiger partial charge < -0.3 is 16.4 Å². The zero-order chi connectivity index (χ0) is 20.8. The van der Waals surface area contributed by atoms with E-state index in [1.807, 2.05) is 24.3 Å². The van der Waals surface area contributed by atoms with E-state index in [2.05, 4.69) is 31.5 Å². The summed E-state index contributed by atoms with van der Waals surface area (Å²) in [7, 11) is 0. The van der Waals surface area contributed by atoms with Crippen LogP contribution in [0.5, 0.6) is 0 Å². The van der Waals surface area contributed by atoms with Crippen LogP contribution in [0.2, 0.25) is 0 Å². The van der Waals surface area contributed by atoms with Crippen molar-refractivity contribution >= 4 is 29.3 Å². The molecule has 5 rings (SSSR count). The molecule has 1 aromatic carbocycles. The van der Waals surface area contributed by atoms with E-state index in [0.717, 1.165) is 18.2 Å². The predicted octanol–water partition coefficient (Wildman–Crippen LogP) is 0.827. The molecule has 2 amide bonds. The van der Waals surface area contributed by atoms with Gasteiger partial charge in [-0.25, -0.2) is 14.8 Å². The van der Waals surface area contributed by atoms with Crippen molar-refractivity contribution in [3.05, 3.63) is 41.8 Å². The molecule has 10 heteroatoms. The van der Waals surface area contributed by atoms with Gasteiger partial charge in [-0.15, -0.1) is 0 Å². The largest absolute Gasteiger partial charge is 0.369 e. The first kappa shape index (κ1) is 18.7. The van der Waals surface area contributed by atoms with Crippen LogP contribution in [0.3, 0.4) is 0 Å². The Balaban J connectivity index is 1.53. The van der Waals surface area contributed by atoms with Gasteiger partial charge in [0.25, 0.3) is 0 Å². The van der Waals surface area contributed by atoms with Crippen molar-refractivity contribution in [1.29, 1.82) is 0 Å². The summed E-state index contributed by atoms with van der Waals surface area (Å²) < 4.78 is 14.5. The van der Waals surface area contributed by atoms with Gasteiger partial charge in [-0.05, 0) is 42.4 Å². The van der Waals surface area contributed by atoms with E-state index in [1.165, 1.54) is 0 Å². The second kappa shape index (κ2) is 7.21. The highest BCUT2D eigenvalue weighted by Gasteiger charge is 2.55. The van der Waals surface area contributed by atoms with Crippen LogP contribution in [0.15, 0.2) is 30.5 Å². The molecule has 2 fully saturated rings. The summed E-state index contributed by atoms with van der Waals surface area (Å²) in [6, 6.07) is 6.86. The van der Waals surface area contributed by atoms with Crippen molar-refractivity contribution < 1.29 is 14.0 Å². The third kappa shape index (κ3) is 3.32. The first-order valence-electron chi connectivity index (χ1n) is 9.96. The number of anilines is 3. The van der Waals surface area contributed by atoms with Gasteiger partial charge in [-0.3, -0.25) is 15.0 Å². The molecule has 0 radical (unpaired) electrons. The highest BCUT2D eigenvalue weighted by molar-refractivity contribution is 5.80. The van der Waals surface area contributed by atoms with Gasteiger partial charge in [0.2, 0.25) is 17.8 Å². The van der Waals surface area contributed by atoms with Crippen molar-refractivity contribution in [1.82, 2.24) is 20.8 Å². The van der Waals surface area contributed by atoms with E-state index in [4.69, 9.17) is 5.73 Å². The third-order valence-corrected chi connectivity index (χ3v) is 6.33. The third-order valence-electron chi connectivity index (χ3n) is 6.33. The Labute approximate surface area is 172 Å². The Kier molecular flexibility index (Phi) is 4.50. The van der Waals surface area contributed by atoms with Gasteiger partial charge in [0.15, 0.2) is 11.6 Å². The maximum Gasteiger partial charge on any atom is 0.238 e. The molecule has 1 aromatic heterocycles. The predicted molar refractivity (Wildman–Crippen MR) is 107 cm³/mol. The number of amides is 2. The lowest BCUT2D eigenvalue weighted by molar-refractivity contribution is -0.124. The summed E-state index contributed by atoms with van der Waals surface area (Å²) in [6.07, 6.45) is 2.76. The number of nitrogens with two attached hydrogens (primary N) is 1. The quantitative estimate of drug-likeness (QED) is 0.469. The number of hydrazine groups is 1. The molecule has 2 saturated carbocycles. The summed E-state index contributed by atoms with van der Waals surface area (Å²) in [4.78, 5) is 32.8. The fourth-order valence-electron chi connectivity index (χ4n) is 5.11. The van der Waals surface area contributed by atoms with Crippen molar-refractivity contribution in [2.24, 2.45) is 23.5 Å². The van der Waals surface area contributed by atoms with Gasteiger partial charge in [0, 0.05) is 17.8 Å². The first-order valence-corrected chi connectivity index (χ1v) is 9.96. The number of benzene rings is 1. The number of hydrogen-bond acceptors (Lipinski definition) is 7. The Morgan fingerprint density at radius 2 is 2.13 bits per heavy atom. The van der Waals surface area contributed by atoms with E-state index in [0.29, 0.717) is 12.1 Å². The summed E-state index contributed by atoms with van der Waals surface area (Å²) in [5.74, 6) is -1.33. The van der Waals surface area contributed by atoms with Crippen LogP contribution >= 0.6 is 0 Å². The summed E-state index contributed by atoms with van der Waals surface area (Å²) in [5, 5.41) is 6.15. The lowest BCUT2D eigenvalue weighted by atomic mass is 9.81. The number of carbonyl (C=O) groups excluding carboxylic acids is 2. The number of primary amides is 1. The molecule has 3 aliphatic rings. The number of nitrogens with one attached hydrogen (secondary N) is 4. The monoisotopic (exact) mass is 411 g/mol. The summed E-state index contributed by atoms with van der Waals surface area (Å²) >= 11 is 0. The van der Waals surface area contributed by atoms with Crippen LogP contribution < -0.4 is 27.2 Å². The standard InChI is InChI=1S/C20H22FN7O2/c21-13-8-23-20-24-11-3-1-2-9(4-11)5-15(29)28-27-14-7-10-6-12(14)17(16(10)18(22)30)25-19(13)26-20/h1-4,8,10,12,14,16-17,27H,5-7H2,(H2,22,30)(H,28,29)(H2,23,24,25,26).